The maximum absolute atomic E-state index is 11.5. The Labute approximate surface area is 129 Å². The Bertz CT molecular complexity index is 808. The molecule has 0 atom stereocenters. The normalized spacial score (nSPS) is 15.7. The molecule has 7 nitrogen and oxygen atoms in total. The minimum absolute atomic E-state index is 0.0120. The number of benzene rings is 1. The molecule has 110 valence electrons. The van der Waals surface area contributed by atoms with Gasteiger partial charge in [-0.2, -0.15) is 0 Å². The zero-order valence-corrected chi connectivity index (χ0v) is 11.8. The Kier molecular flexibility index (Phi) is 3.43. The molecule has 8 heteroatoms. The fourth-order valence-electron chi connectivity index (χ4n) is 1.96. The van der Waals surface area contributed by atoms with Crippen LogP contribution in [0.15, 0.2) is 46.5 Å². The molecule has 1 aromatic heterocycles. The van der Waals surface area contributed by atoms with Gasteiger partial charge in [-0.15, -0.1) is 0 Å². The molecule has 1 aliphatic rings. The van der Waals surface area contributed by atoms with Crippen LogP contribution in [0, 0.1) is 10.1 Å². The van der Waals surface area contributed by atoms with Gasteiger partial charge in [-0.25, -0.2) is 0 Å². The first-order valence-corrected chi connectivity index (χ1v) is 6.62. The summed E-state index contributed by atoms with van der Waals surface area (Å²) >= 11 is 4.83. The highest BCUT2D eigenvalue weighted by Gasteiger charge is 2.20. The Hall–Kier alpha value is -3.00. The molecule has 1 amide bonds. The maximum Gasteiger partial charge on any atom is 0.274 e. The first-order valence-electron chi connectivity index (χ1n) is 6.21. The van der Waals surface area contributed by atoms with Crippen molar-refractivity contribution in [3.63, 3.8) is 0 Å². The highest BCUT2D eigenvalue weighted by atomic mass is 32.1. The lowest BCUT2D eigenvalue weighted by atomic mass is 10.1. The Morgan fingerprint density at radius 3 is 2.45 bits per heavy atom. The number of carbonyl (C=O) groups excluding carboxylic acids is 1. The van der Waals surface area contributed by atoms with Gasteiger partial charge in [-0.05, 0) is 36.5 Å². The summed E-state index contributed by atoms with van der Waals surface area (Å²) in [7, 11) is 0. The molecule has 0 spiro atoms. The minimum atomic E-state index is -0.463. The number of thiocarbonyl (C=S) groups is 1. The van der Waals surface area contributed by atoms with Crippen molar-refractivity contribution in [2.24, 2.45) is 0 Å². The van der Waals surface area contributed by atoms with Crippen LogP contribution in [0.25, 0.3) is 17.4 Å². The van der Waals surface area contributed by atoms with Gasteiger partial charge in [0, 0.05) is 23.8 Å². The molecule has 1 aliphatic heterocycles. The molecule has 0 aliphatic carbocycles. The van der Waals surface area contributed by atoms with Gasteiger partial charge in [0.15, 0.2) is 5.11 Å². The van der Waals surface area contributed by atoms with Crippen LogP contribution in [0.5, 0.6) is 0 Å². The third-order valence-electron chi connectivity index (χ3n) is 3.00. The van der Waals surface area contributed by atoms with Crippen molar-refractivity contribution in [1.29, 1.82) is 0 Å². The number of non-ortho nitro benzene ring substituents is 1. The van der Waals surface area contributed by atoms with E-state index in [-0.39, 0.29) is 16.7 Å². The number of nitro groups is 1. The van der Waals surface area contributed by atoms with Crippen molar-refractivity contribution in [2.45, 2.75) is 0 Å². The van der Waals surface area contributed by atoms with Crippen molar-refractivity contribution in [1.82, 2.24) is 10.6 Å². The number of hydrogen-bond acceptors (Lipinski definition) is 5. The van der Waals surface area contributed by atoms with Crippen molar-refractivity contribution in [3.05, 3.63) is 58.0 Å². The highest BCUT2D eigenvalue weighted by Crippen LogP contribution is 2.25. The monoisotopic (exact) mass is 315 g/mol. The zero-order valence-electron chi connectivity index (χ0n) is 11.0. The van der Waals surface area contributed by atoms with Gasteiger partial charge in [0.2, 0.25) is 0 Å². The molecule has 1 fully saturated rings. The topological polar surface area (TPSA) is 97.4 Å². The van der Waals surface area contributed by atoms with Crippen LogP contribution in [0.3, 0.4) is 0 Å². The smallest absolute Gasteiger partial charge is 0.274 e. The van der Waals surface area contributed by atoms with E-state index in [2.05, 4.69) is 10.6 Å². The third kappa shape index (κ3) is 2.72. The van der Waals surface area contributed by atoms with Gasteiger partial charge < -0.3 is 9.73 Å². The van der Waals surface area contributed by atoms with E-state index in [0.717, 1.165) is 0 Å². The molecule has 2 N–H and O–H groups in total. The SMILES string of the molecule is O=C1NC(=S)NC1=Cc1ccc(-c2ccc([N+](=O)[O-])cc2)o1. The summed E-state index contributed by atoms with van der Waals surface area (Å²) in [6.07, 6.45) is 1.53. The number of nitrogens with zero attached hydrogens (tertiary/aromatic N) is 1. The standard InChI is InChI=1S/C14H9N3O4S/c18-13-11(15-14(22)16-13)7-10-5-6-12(21-10)8-1-3-9(4-2-8)17(19)20/h1-7H,(H2,15,16,18,22). The lowest BCUT2D eigenvalue weighted by Crippen LogP contribution is -2.21. The van der Waals surface area contributed by atoms with Crippen molar-refractivity contribution in [2.75, 3.05) is 0 Å². The number of rotatable bonds is 3. The van der Waals surface area contributed by atoms with Crippen molar-refractivity contribution in [3.8, 4) is 11.3 Å². The number of nitrogens with one attached hydrogen (secondary N) is 2. The molecule has 2 aromatic rings. The molecule has 0 radical (unpaired) electrons. The van der Waals surface area contributed by atoms with Crippen LogP contribution in [0.1, 0.15) is 5.76 Å². The van der Waals surface area contributed by atoms with Gasteiger partial charge in [0.05, 0.1) is 4.92 Å². The molecule has 3 rings (SSSR count). The van der Waals surface area contributed by atoms with E-state index in [9.17, 15) is 14.9 Å². The highest BCUT2D eigenvalue weighted by molar-refractivity contribution is 7.80. The van der Waals surface area contributed by atoms with E-state index in [1.807, 2.05) is 0 Å². The van der Waals surface area contributed by atoms with Crippen LogP contribution in [-0.4, -0.2) is 15.9 Å². The molecule has 2 heterocycles. The summed E-state index contributed by atoms with van der Waals surface area (Å²) in [5.74, 6) is 0.691. The number of hydrogen-bond donors (Lipinski definition) is 2. The van der Waals surface area contributed by atoms with Crippen LogP contribution < -0.4 is 10.6 Å². The summed E-state index contributed by atoms with van der Waals surface area (Å²) in [5, 5.41) is 16.0. The maximum atomic E-state index is 11.5. The van der Waals surface area contributed by atoms with E-state index in [1.165, 1.54) is 18.2 Å². The number of amides is 1. The second kappa shape index (κ2) is 5.41. The molecule has 22 heavy (non-hydrogen) atoms. The third-order valence-corrected chi connectivity index (χ3v) is 3.20. The van der Waals surface area contributed by atoms with Gasteiger partial charge in [-0.1, -0.05) is 0 Å². The lowest BCUT2D eigenvalue weighted by molar-refractivity contribution is -0.384. The van der Waals surface area contributed by atoms with E-state index in [1.54, 1.807) is 24.3 Å². The molecular formula is C14H9N3O4S. The summed E-state index contributed by atoms with van der Waals surface area (Å²) in [6, 6.07) is 9.42. The first kappa shape index (κ1) is 14.0. The summed E-state index contributed by atoms with van der Waals surface area (Å²) < 4.78 is 5.61. The van der Waals surface area contributed by atoms with Gasteiger partial charge in [0.25, 0.3) is 11.6 Å². The Morgan fingerprint density at radius 2 is 1.86 bits per heavy atom. The van der Waals surface area contributed by atoms with Crippen molar-refractivity contribution < 1.29 is 14.1 Å². The Morgan fingerprint density at radius 1 is 1.14 bits per heavy atom. The van der Waals surface area contributed by atoms with E-state index in [4.69, 9.17) is 16.6 Å². The second-order valence-electron chi connectivity index (χ2n) is 4.47. The van der Waals surface area contributed by atoms with Crippen LogP contribution in [0.4, 0.5) is 5.69 Å². The summed E-state index contributed by atoms with van der Waals surface area (Å²) in [5.41, 5.74) is 1.02. The van der Waals surface area contributed by atoms with Crippen LogP contribution >= 0.6 is 12.2 Å². The van der Waals surface area contributed by atoms with Gasteiger partial charge >= 0.3 is 0 Å². The summed E-state index contributed by atoms with van der Waals surface area (Å²) in [6.45, 7) is 0. The van der Waals surface area contributed by atoms with Crippen LogP contribution in [-0.2, 0) is 4.79 Å². The number of furan rings is 1. The summed E-state index contributed by atoms with van der Waals surface area (Å²) in [4.78, 5) is 21.7. The molecule has 1 saturated heterocycles. The predicted octanol–water partition coefficient (Wildman–Crippen LogP) is 2.20. The molecule has 0 bridgehead atoms. The molecule has 1 aromatic carbocycles. The fourth-order valence-corrected chi connectivity index (χ4v) is 2.16. The first-order chi connectivity index (χ1) is 10.5. The minimum Gasteiger partial charge on any atom is -0.457 e. The molecule has 0 saturated carbocycles. The van der Waals surface area contributed by atoms with Crippen LogP contribution in [0.2, 0.25) is 0 Å². The Balaban J connectivity index is 1.85. The number of carbonyl (C=O) groups is 1. The van der Waals surface area contributed by atoms with E-state index in [0.29, 0.717) is 22.8 Å². The zero-order chi connectivity index (χ0) is 15.7. The van der Waals surface area contributed by atoms with Gasteiger partial charge in [0.1, 0.15) is 17.2 Å². The largest absolute Gasteiger partial charge is 0.457 e. The lowest BCUT2D eigenvalue weighted by Gasteiger charge is -1.97. The van der Waals surface area contributed by atoms with E-state index < -0.39 is 4.92 Å². The molecular weight excluding hydrogens is 306 g/mol. The average Bonchev–Trinajstić information content (AvgIpc) is 3.06. The van der Waals surface area contributed by atoms with Gasteiger partial charge in [-0.3, -0.25) is 20.2 Å². The quantitative estimate of drug-likeness (QED) is 0.390. The average molecular weight is 315 g/mol. The fraction of sp³-hybridized carbons (Fsp3) is 0. The number of nitro benzene ring substituents is 1. The predicted molar refractivity (Wildman–Crippen MR) is 82.7 cm³/mol. The van der Waals surface area contributed by atoms with E-state index >= 15 is 0 Å². The van der Waals surface area contributed by atoms with Crippen molar-refractivity contribution >= 4 is 35.0 Å². The second-order valence-corrected chi connectivity index (χ2v) is 4.88. The molecule has 0 unspecified atom stereocenters.